The number of carbonyl (C=O) groups is 2. The van der Waals surface area contributed by atoms with Crippen LogP contribution in [0.1, 0.15) is 0 Å². The Balaban J connectivity index is -0.000000177. The molecule has 0 aliphatic rings. The van der Waals surface area contributed by atoms with Crippen LogP contribution in [0.4, 0.5) is 9.59 Å². The van der Waals surface area contributed by atoms with Crippen molar-refractivity contribution < 1.29 is 33.5 Å². The lowest BCUT2D eigenvalue weighted by Crippen LogP contribution is -2.33. The Hall–Kier alpha value is -1.34. The summed E-state index contributed by atoms with van der Waals surface area (Å²) in [6, 6.07) is 0. The summed E-state index contributed by atoms with van der Waals surface area (Å²) in [5.41, 5.74) is 0. The van der Waals surface area contributed by atoms with Crippen molar-refractivity contribution in [1.29, 1.82) is 0 Å². The zero-order chi connectivity index (χ0) is 14.9. The van der Waals surface area contributed by atoms with Crippen LogP contribution in [0.5, 0.6) is 0 Å². The molecule has 0 saturated heterocycles. The molecule has 0 aliphatic heterocycles. The van der Waals surface area contributed by atoms with E-state index in [1.807, 2.05) is 0 Å². The average molecular weight is 252 g/mol. The second-order valence-electron chi connectivity index (χ2n) is 5.97. The van der Waals surface area contributed by atoms with Crippen LogP contribution >= 0.6 is 0 Å². The lowest BCUT2D eigenvalue weighted by atomic mass is 10.8. The molecule has 0 bridgehead atoms. The molecule has 0 unspecified atom stereocenters. The Morgan fingerprint density at radius 2 is 0.824 bits per heavy atom. The molecule has 7 heteroatoms. The van der Waals surface area contributed by atoms with E-state index in [4.69, 9.17) is 19.8 Å². The SMILES string of the molecule is C[N+](C)(C)C.C[N+](C)(C)C.O=C([O-])OC(=O)[O-]. The summed E-state index contributed by atoms with van der Waals surface area (Å²) in [6.45, 7) is 0. The third kappa shape index (κ3) is 332. The Kier molecular flexibility index (Phi) is 10.8. The molecule has 7 nitrogen and oxygen atoms in total. The first kappa shape index (κ1) is 21.0. The van der Waals surface area contributed by atoms with Crippen LogP contribution in [0, 0.1) is 0 Å². The highest BCUT2D eigenvalue weighted by Crippen LogP contribution is 1.74. The van der Waals surface area contributed by atoms with Crippen LogP contribution in [0.2, 0.25) is 0 Å². The third-order valence-electron chi connectivity index (χ3n) is 0.167. The van der Waals surface area contributed by atoms with E-state index in [1.165, 1.54) is 0 Å². The van der Waals surface area contributed by atoms with E-state index in [2.05, 4.69) is 61.1 Å². The molecule has 0 fully saturated rings. The van der Waals surface area contributed by atoms with Crippen molar-refractivity contribution in [2.24, 2.45) is 0 Å². The lowest BCUT2D eigenvalue weighted by molar-refractivity contribution is -0.849. The van der Waals surface area contributed by atoms with Gasteiger partial charge in [-0.25, -0.2) is 0 Å². The van der Waals surface area contributed by atoms with Crippen LogP contribution in [-0.2, 0) is 4.74 Å². The van der Waals surface area contributed by atoms with Crippen LogP contribution in [0.25, 0.3) is 0 Å². The fourth-order valence-corrected chi connectivity index (χ4v) is 0.0680. The Morgan fingerprint density at radius 3 is 0.824 bits per heavy atom. The fraction of sp³-hybridized carbons (Fsp3) is 0.800. The molecule has 0 rings (SSSR count). The van der Waals surface area contributed by atoms with Crippen LogP contribution < -0.4 is 10.2 Å². The normalized spacial score (nSPS) is 10.1. The number of ether oxygens (including phenoxy) is 1. The van der Waals surface area contributed by atoms with Crippen molar-refractivity contribution in [1.82, 2.24) is 0 Å². The molecule has 104 valence electrons. The van der Waals surface area contributed by atoms with Gasteiger partial charge in [0, 0.05) is 0 Å². The number of carbonyl (C=O) groups excluding carboxylic acids is 2. The highest BCUT2D eigenvalue weighted by Gasteiger charge is 1.88. The monoisotopic (exact) mass is 252 g/mol. The third-order valence-corrected chi connectivity index (χ3v) is 0.167. The van der Waals surface area contributed by atoms with Gasteiger partial charge in [0.15, 0.2) is 0 Å². The zero-order valence-corrected chi connectivity index (χ0v) is 11.9. The first-order chi connectivity index (χ1) is 7.13. The molecule has 0 radical (unpaired) electrons. The van der Waals surface area contributed by atoms with Gasteiger partial charge in [-0.1, -0.05) is 0 Å². The summed E-state index contributed by atoms with van der Waals surface area (Å²) in [7, 11) is 17.0. The van der Waals surface area contributed by atoms with Crippen LogP contribution in [0.15, 0.2) is 0 Å². The molecule has 0 saturated carbocycles. The highest BCUT2D eigenvalue weighted by atomic mass is 16.7. The Morgan fingerprint density at radius 1 is 0.706 bits per heavy atom. The molecular formula is C10H24N2O5. The predicted molar refractivity (Wildman–Crippen MR) is 59.8 cm³/mol. The summed E-state index contributed by atoms with van der Waals surface area (Å²) >= 11 is 0. The van der Waals surface area contributed by atoms with Crippen molar-refractivity contribution in [3.63, 3.8) is 0 Å². The molecule has 0 aromatic rings. The Labute approximate surface area is 103 Å². The van der Waals surface area contributed by atoms with Crippen molar-refractivity contribution in [3.05, 3.63) is 0 Å². The maximum absolute atomic E-state index is 9.06. The minimum Gasteiger partial charge on any atom is -0.483 e. The quantitative estimate of drug-likeness (QED) is 0.292. The number of rotatable bonds is 0. The Bertz CT molecular complexity index is 192. The lowest BCUT2D eigenvalue weighted by Gasteiger charge is -2.14. The number of quaternary nitrogens is 2. The summed E-state index contributed by atoms with van der Waals surface area (Å²) in [5.74, 6) is 0. The minimum absolute atomic E-state index is 1.00. The van der Waals surface area contributed by atoms with Gasteiger partial charge in [-0.05, 0) is 0 Å². The molecule has 17 heavy (non-hydrogen) atoms. The first-order valence-electron chi connectivity index (χ1n) is 4.80. The standard InChI is InChI=1S/2C4H12N.C2H2O5/c2*1-5(2,3)4;3-1(4)7-2(5)6/h2*1-4H3;(H,3,4)(H,5,6)/q2*+1;/p-2. The summed E-state index contributed by atoms with van der Waals surface area (Å²) in [4.78, 5) is 18.1. The molecule has 0 spiro atoms. The van der Waals surface area contributed by atoms with Crippen LogP contribution in [-0.4, -0.2) is 77.7 Å². The van der Waals surface area contributed by atoms with Gasteiger partial charge in [-0.15, -0.1) is 0 Å². The van der Waals surface area contributed by atoms with E-state index < -0.39 is 12.3 Å². The fourth-order valence-electron chi connectivity index (χ4n) is 0.0680. The number of carboxylic acid groups (broad SMARTS) is 2. The van der Waals surface area contributed by atoms with E-state index in [9.17, 15) is 0 Å². The van der Waals surface area contributed by atoms with Crippen molar-refractivity contribution in [2.75, 3.05) is 56.4 Å². The van der Waals surface area contributed by atoms with E-state index in [-0.39, 0.29) is 0 Å². The molecule has 0 amide bonds. The molecule has 0 heterocycles. The maximum atomic E-state index is 9.06. The van der Waals surface area contributed by atoms with Gasteiger partial charge in [-0.2, -0.15) is 0 Å². The van der Waals surface area contributed by atoms with Gasteiger partial charge in [0.1, 0.15) is 0 Å². The van der Waals surface area contributed by atoms with Crippen LogP contribution in [0.3, 0.4) is 0 Å². The summed E-state index contributed by atoms with van der Waals surface area (Å²) in [6.07, 6.45) is -4.25. The van der Waals surface area contributed by atoms with Gasteiger partial charge >= 0.3 is 0 Å². The van der Waals surface area contributed by atoms with E-state index in [0.717, 1.165) is 8.97 Å². The number of nitrogens with zero attached hydrogens (tertiary/aromatic N) is 2. The molecule has 0 aromatic heterocycles. The molecule has 0 atom stereocenters. The van der Waals surface area contributed by atoms with Gasteiger partial charge in [0.05, 0.1) is 56.4 Å². The first-order valence-corrected chi connectivity index (χ1v) is 4.80. The van der Waals surface area contributed by atoms with Crippen molar-refractivity contribution in [3.8, 4) is 0 Å². The summed E-state index contributed by atoms with van der Waals surface area (Å²) in [5, 5.41) is 18.1. The smallest absolute Gasteiger partial charge is 0.259 e. The zero-order valence-electron chi connectivity index (χ0n) is 11.9. The number of hydrogen-bond donors (Lipinski definition) is 0. The van der Waals surface area contributed by atoms with Gasteiger partial charge < -0.3 is 33.5 Å². The maximum Gasteiger partial charge on any atom is 0.259 e. The van der Waals surface area contributed by atoms with Gasteiger partial charge in [0.2, 0.25) is 0 Å². The second kappa shape index (κ2) is 8.77. The second-order valence-corrected chi connectivity index (χ2v) is 5.97. The summed E-state index contributed by atoms with van der Waals surface area (Å²) < 4.78 is 4.86. The molecule has 0 aromatic carbocycles. The molecular weight excluding hydrogens is 228 g/mol. The van der Waals surface area contributed by atoms with E-state index in [1.54, 1.807) is 0 Å². The van der Waals surface area contributed by atoms with Gasteiger partial charge in [-0.3, -0.25) is 0 Å². The number of hydrogen-bond acceptors (Lipinski definition) is 5. The van der Waals surface area contributed by atoms with Gasteiger partial charge in [0.25, 0.3) is 12.3 Å². The average Bonchev–Trinajstić information content (AvgIpc) is 1.71. The molecule has 0 N–H and O–H groups in total. The van der Waals surface area contributed by atoms with E-state index >= 15 is 0 Å². The van der Waals surface area contributed by atoms with Crippen molar-refractivity contribution >= 4 is 12.3 Å². The molecule has 0 aliphatic carbocycles. The predicted octanol–water partition coefficient (Wildman–Crippen LogP) is -1.67. The topological polar surface area (TPSA) is 89.5 Å². The minimum atomic E-state index is -2.12. The highest BCUT2D eigenvalue weighted by molar-refractivity contribution is 5.71. The largest absolute Gasteiger partial charge is 0.483 e. The van der Waals surface area contributed by atoms with E-state index in [0.29, 0.717) is 0 Å². The van der Waals surface area contributed by atoms with Crippen molar-refractivity contribution in [2.45, 2.75) is 0 Å².